The summed E-state index contributed by atoms with van der Waals surface area (Å²) in [5.41, 5.74) is 0.704. The van der Waals surface area contributed by atoms with E-state index in [-0.39, 0.29) is 17.4 Å². The normalized spacial score (nSPS) is 19.8. The standard InChI is InChI=1S/C14H15ClN2O4/c1-17(2)13(19)10-5-7(3-4-11(10)15)16-12(18)8-6-9(8)14(20)21/h3-5,8-9H,6H2,1-2H3,(H,16,18)(H,20,21). The summed E-state index contributed by atoms with van der Waals surface area (Å²) < 4.78 is 0. The van der Waals surface area contributed by atoms with Crippen LogP contribution in [0.1, 0.15) is 16.8 Å². The number of hydrogen-bond acceptors (Lipinski definition) is 3. The van der Waals surface area contributed by atoms with Gasteiger partial charge in [-0.3, -0.25) is 14.4 Å². The van der Waals surface area contributed by atoms with Gasteiger partial charge < -0.3 is 15.3 Å². The molecule has 0 aromatic heterocycles. The molecule has 2 rings (SSSR count). The SMILES string of the molecule is CN(C)C(=O)c1cc(NC(=O)C2CC2C(=O)O)ccc1Cl. The Bertz CT molecular complexity index is 615. The van der Waals surface area contributed by atoms with Crippen LogP contribution in [0.5, 0.6) is 0 Å². The minimum Gasteiger partial charge on any atom is -0.481 e. The third-order valence-corrected chi connectivity index (χ3v) is 3.64. The minimum absolute atomic E-state index is 0.272. The number of aliphatic carboxylic acids is 1. The van der Waals surface area contributed by atoms with Gasteiger partial charge in [0.05, 0.1) is 22.4 Å². The van der Waals surface area contributed by atoms with Crippen LogP contribution in [0.4, 0.5) is 5.69 Å². The van der Waals surface area contributed by atoms with Crippen LogP contribution in [-0.4, -0.2) is 41.9 Å². The Hall–Kier alpha value is -2.08. The highest BCUT2D eigenvalue weighted by Crippen LogP contribution is 2.39. The molecule has 6 nitrogen and oxygen atoms in total. The van der Waals surface area contributed by atoms with Crippen LogP contribution in [0, 0.1) is 11.8 Å². The Morgan fingerprint density at radius 1 is 1.29 bits per heavy atom. The first-order chi connectivity index (χ1) is 9.81. The lowest BCUT2D eigenvalue weighted by Crippen LogP contribution is -2.22. The number of halogens is 1. The van der Waals surface area contributed by atoms with Crippen molar-refractivity contribution in [2.45, 2.75) is 6.42 Å². The number of carboxylic acids is 1. The molecule has 1 aromatic carbocycles. The molecule has 7 heteroatoms. The van der Waals surface area contributed by atoms with E-state index >= 15 is 0 Å². The van der Waals surface area contributed by atoms with E-state index in [2.05, 4.69) is 5.32 Å². The molecule has 0 radical (unpaired) electrons. The molecular weight excluding hydrogens is 296 g/mol. The van der Waals surface area contributed by atoms with Crippen molar-refractivity contribution in [3.63, 3.8) is 0 Å². The minimum atomic E-state index is -0.963. The smallest absolute Gasteiger partial charge is 0.307 e. The van der Waals surface area contributed by atoms with Crippen LogP contribution >= 0.6 is 11.6 Å². The van der Waals surface area contributed by atoms with Gasteiger partial charge in [0.25, 0.3) is 5.91 Å². The van der Waals surface area contributed by atoms with E-state index in [9.17, 15) is 14.4 Å². The van der Waals surface area contributed by atoms with Crippen molar-refractivity contribution in [1.82, 2.24) is 4.90 Å². The molecule has 2 atom stereocenters. The fraction of sp³-hybridized carbons (Fsp3) is 0.357. The van der Waals surface area contributed by atoms with Gasteiger partial charge in [0.15, 0.2) is 0 Å². The Labute approximate surface area is 126 Å². The molecule has 2 amide bonds. The highest BCUT2D eigenvalue weighted by Gasteiger charge is 2.48. The quantitative estimate of drug-likeness (QED) is 0.886. The van der Waals surface area contributed by atoms with Crippen LogP contribution in [0.15, 0.2) is 18.2 Å². The van der Waals surface area contributed by atoms with Crippen LogP contribution < -0.4 is 5.32 Å². The number of benzene rings is 1. The topological polar surface area (TPSA) is 86.7 Å². The first kappa shape index (κ1) is 15.3. The highest BCUT2D eigenvalue weighted by atomic mass is 35.5. The maximum Gasteiger partial charge on any atom is 0.307 e. The molecule has 0 heterocycles. The van der Waals surface area contributed by atoms with Gasteiger partial charge in [-0.05, 0) is 24.6 Å². The van der Waals surface area contributed by atoms with Crippen molar-refractivity contribution in [3.05, 3.63) is 28.8 Å². The number of nitrogens with one attached hydrogen (secondary N) is 1. The summed E-state index contributed by atoms with van der Waals surface area (Å²) in [4.78, 5) is 36.0. The van der Waals surface area contributed by atoms with Gasteiger partial charge in [-0.15, -0.1) is 0 Å². The summed E-state index contributed by atoms with van der Waals surface area (Å²) in [6.45, 7) is 0. The summed E-state index contributed by atoms with van der Waals surface area (Å²) in [6, 6.07) is 4.58. The molecule has 0 saturated heterocycles. The number of nitrogens with zero attached hydrogens (tertiary/aromatic N) is 1. The summed E-state index contributed by atoms with van der Waals surface area (Å²) in [5, 5.41) is 11.7. The van der Waals surface area contributed by atoms with Crippen LogP contribution in [-0.2, 0) is 9.59 Å². The maximum absolute atomic E-state index is 11.9. The van der Waals surface area contributed by atoms with E-state index in [4.69, 9.17) is 16.7 Å². The third-order valence-electron chi connectivity index (χ3n) is 3.31. The second-order valence-corrected chi connectivity index (χ2v) is 5.58. The molecule has 0 bridgehead atoms. The van der Waals surface area contributed by atoms with Gasteiger partial charge in [0.1, 0.15) is 0 Å². The van der Waals surface area contributed by atoms with Crippen LogP contribution in [0.3, 0.4) is 0 Å². The van der Waals surface area contributed by atoms with Crippen molar-refractivity contribution < 1.29 is 19.5 Å². The lowest BCUT2D eigenvalue weighted by Gasteiger charge is -2.13. The van der Waals surface area contributed by atoms with Crippen LogP contribution in [0.2, 0.25) is 5.02 Å². The molecule has 0 spiro atoms. The van der Waals surface area contributed by atoms with Gasteiger partial charge >= 0.3 is 5.97 Å². The van der Waals surface area contributed by atoms with Crippen molar-refractivity contribution in [2.75, 3.05) is 19.4 Å². The zero-order valence-electron chi connectivity index (χ0n) is 11.6. The zero-order chi connectivity index (χ0) is 15.7. The first-order valence-electron chi connectivity index (χ1n) is 6.36. The van der Waals surface area contributed by atoms with Crippen molar-refractivity contribution in [1.29, 1.82) is 0 Å². The average molecular weight is 311 g/mol. The Balaban J connectivity index is 2.11. The summed E-state index contributed by atoms with van der Waals surface area (Å²) >= 11 is 5.97. The Kier molecular flexibility index (Phi) is 4.18. The predicted octanol–water partition coefficient (Wildman–Crippen LogP) is 1.70. The first-order valence-corrected chi connectivity index (χ1v) is 6.74. The molecule has 1 aromatic rings. The fourth-order valence-electron chi connectivity index (χ4n) is 2.00. The molecule has 1 aliphatic carbocycles. The number of hydrogen-bond donors (Lipinski definition) is 2. The monoisotopic (exact) mass is 310 g/mol. The summed E-state index contributed by atoms with van der Waals surface area (Å²) in [5.74, 6) is -2.71. The molecule has 21 heavy (non-hydrogen) atoms. The lowest BCUT2D eigenvalue weighted by atomic mass is 10.1. The molecule has 1 aliphatic rings. The molecule has 1 fully saturated rings. The van der Waals surface area contributed by atoms with Crippen molar-refractivity contribution in [2.24, 2.45) is 11.8 Å². The number of carbonyl (C=O) groups excluding carboxylic acids is 2. The number of carboxylic acid groups (broad SMARTS) is 1. The lowest BCUT2D eigenvalue weighted by molar-refractivity contribution is -0.139. The number of amides is 2. The number of rotatable bonds is 4. The summed E-state index contributed by atoms with van der Waals surface area (Å²) in [6.07, 6.45) is 0.345. The summed E-state index contributed by atoms with van der Waals surface area (Å²) in [7, 11) is 3.21. The fourth-order valence-corrected chi connectivity index (χ4v) is 2.20. The molecule has 2 unspecified atom stereocenters. The maximum atomic E-state index is 11.9. The molecular formula is C14H15ClN2O4. The Morgan fingerprint density at radius 3 is 2.48 bits per heavy atom. The second-order valence-electron chi connectivity index (χ2n) is 5.17. The van der Waals surface area contributed by atoms with Gasteiger partial charge in [-0.1, -0.05) is 11.6 Å². The van der Waals surface area contributed by atoms with Crippen molar-refractivity contribution >= 4 is 35.1 Å². The largest absolute Gasteiger partial charge is 0.481 e. The highest BCUT2D eigenvalue weighted by molar-refractivity contribution is 6.34. The average Bonchev–Trinajstić information content (AvgIpc) is 3.20. The van der Waals surface area contributed by atoms with E-state index in [0.717, 1.165) is 0 Å². The predicted molar refractivity (Wildman–Crippen MR) is 77.3 cm³/mol. The Morgan fingerprint density at radius 2 is 1.95 bits per heavy atom. The van der Waals surface area contributed by atoms with E-state index in [0.29, 0.717) is 17.1 Å². The van der Waals surface area contributed by atoms with E-state index in [1.807, 2.05) is 0 Å². The van der Waals surface area contributed by atoms with E-state index < -0.39 is 17.8 Å². The molecule has 0 aliphatic heterocycles. The van der Waals surface area contributed by atoms with Gasteiger partial charge in [0, 0.05) is 19.8 Å². The number of carbonyl (C=O) groups is 3. The van der Waals surface area contributed by atoms with Gasteiger partial charge in [-0.25, -0.2) is 0 Å². The third kappa shape index (κ3) is 3.33. The van der Waals surface area contributed by atoms with E-state index in [1.54, 1.807) is 20.2 Å². The van der Waals surface area contributed by atoms with Crippen molar-refractivity contribution in [3.8, 4) is 0 Å². The van der Waals surface area contributed by atoms with Gasteiger partial charge in [-0.2, -0.15) is 0 Å². The molecule has 112 valence electrons. The van der Waals surface area contributed by atoms with Crippen LogP contribution in [0.25, 0.3) is 0 Å². The van der Waals surface area contributed by atoms with E-state index in [1.165, 1.54) is 17.0 Å². The molecule has 1 saturated carbocycles. The second kappa shape index (κ2) is 5.73. The van der Waals surface area contributed by atoms with Gasteiger partial charge in [0.2, 0.25) is 5.91 Å². The zero-order valence-corrected chi connectivity index (χ0v) is 12.3. The molecule has 2 N–H and O–H groups in total. The number of anilines is 1.